The van der Waals surface area contributed by atoms with Crippen LogP contribution < -0.4 is 4.74 Å². The van der Waals surface area contributed by atoms with Crippen molar-refractivity contribution in [2.45, 2.75) is 75.7 Å². The molecule has 0 spiro atoms. The summed E-state index contributed by atoms with van der Waals surface area (Å²) in [5, 5.41) is 13.4. The van der Waals surface area contributed by atoms with Gasteiger partial charge in [-0.1, -0.05) is 0 Å². The zero-order chi connectivity index (χ0) is 27.4. The molecule has 38 heavy (non-hydrogen) atoms. The molecule has 0 bridgehead atoms. The zero-order valence-corrected chi connectivity index (χ0v) is 23.3. The minimum atomic E-state index is -3.96. The Morgan fingerprint density at radius 3 is 2.53 bits per heavy atom. The molecule has 2 aliphatic heterocycles. The Bertz CT molecular complexity index is 1450. The zero-order valence-electron chi connectivity index (χ0n) is 22.5. The number of aromatic nitrogens is 5. The molecule has 4 heterocycles. The van der Waals surface area contributed by atoms with E-state index in [1.807, 2.05) is 45.4 Å². The van der Waals surface area contributed by atoms with Gasteiger partial charge in [-0.25, -0.2) is 27.5 Å². The van der Waals surface area contributed by atoms with Crippen molar-refractivity contribution in [3.63, 3.8) is 0 Å². The molecule has 2 aliphatic rings. The van der Waals surface area contributed by atoms with Crippen molar-refractivity contribution in [2.24, 2.45) is 0 Å². The summed E-state index contributed by atoms with van der Waals surface area (Å²) < 4.78 is 52.2. The summed E-state index contributed by atoms with van der Waals surface area (Å²) in [4.78, 5) is 11.1. The SMILES string of the molecule is Cc1nc(-c2cn3c(n2)-c2cc(S(=O)(=O)C4CCN(C(C)(C)CO)CC4)c(F)cc2OCC3)n(C(C)C)n1. The number of aliphatic hydroxyl groups excluding tert-OH is 1. The van der Waals surface area contributed by atoms with Crippen molar-refractivity contribution in [1.29, 1.82) is 0 Å². The van der Waals surface area contributed by atoms with E-state index >= 15 is 4.39 Å². The molecule has 12 heteroatoms. The number of hydrogen-bond donors (Lipinski definition) is 1. The number of rotatable bonds is 6. The average Bonchev–Trinajstić information content (AvgIpc) is 3.43. The van der Waals surface area contributed by atoms with E-state index < -0.39 is 26.4 Å². The van der Waals surface area contributed by atoms with Gasteiger partial charge >= 0.3 is 0 Å². The van der Waals surface area contributed by atoms with E-state index in [-0.39, 0.29) is 29.9 Å². The molecular formula is C26H35FN6O4S. The van der Waals surface area contributed by atoms with E-state index in [0.717, 1.165) is 6.07 Å². The monoisotopic (exact) mass is 546 g/mol. The Labute approximate surface area is 222 Å². The van der Waals surface area contributed by atoms with Gasteiger partial charge in [0.05, 0.1) is 24.0 Å². The number of hydrogen-bond acceptors (Lipinski definition) is 8. The number of likely N-dealkylation sites (tertiary alicyclic amines) is 1. The highest BCUT2D eigenvalue weighted by Crippen LogP contribution is 2.39. The predicted octanol–water partition coefficient (Wildman–Crippen LogP) is 3.24. The molecule has 0 radical (unpaired) electrons. The molecule has 1 fully saturated rings. The normalized spacial score (nSPS) is 17.3. The van der Waals surface area contributed by atoms with E-state index in [9.17, 15) is 13.5 Å². The van der Waals surface area contributed by atoms with Crippen LogP contribution in [0.4, 0.5) is 4.39 Å². The maximum absolute atomic E-state index is 15.3. The van der Waals surface area contributed by atoms with Gasteiger partial charge in [0.15, 0.2) is 15.7 Å². The topological polar surface area (TPSA) is 115 Å². The third-order valence-electron chi connectivity index (χ3n) is 7.53. The first-order valence-electron chi connectivity index (χ1n) is 13.0. The first-order chi connectivity index (χ1) is 17.9. The molecular weight excluding hydrogens is 511 g/mol. The number of benzene rings is 1. The quantitative estimate of drug-likeness (QED) is 0.501. The Hall–Kier alpha value is -2.83. The van der Waals surface area contributed by atoms with E-state index in [4.69, 9.17) is 9.72 Å². The van der Waals surface area contributed by atoms with E-state index in [1.54, 1.807) is 4.68 Å². The Kier molecular flexibility index (Phi) is 6.85. The summed E-state index contributed by atoms with van der Waals surface area (Å²) in [6.07, 6.45) is 2.58. The third kappa shape index (κ3) is 4.62. The molecule has 1 aromatic carbocycles. The summed E-state index contributed by atoms with van der Waals surface area (Å²) >= 11 is 0. The fourth-order valence-electron chi connectivity index (χ4n) is 5.23. The lowest BCUT2D eigenvalue weighted by Gasteiger charge is -2.41. The molecule has 1 saturated heterocycles. The fraction of sp³-hybridized carbons (Fsp3) is 0.577. The number of halogens is 1. The predicted molar refractivity (Wildman–Crippen MR) is 140 cm³/mol. The van der Waals surface area contributed by atoms with Crippen LogP contribution in [0.3, 0.4) is 0 Å². The minimum Gasteiger partial charge on any atom is -0.491 e. The second-order valence-corrected chi connectivity index (χ2v) is 13.2. The molecule has 0 unspecified atom stereocenters. The maximum atomic E-state index is 15.3. The number of aryl methyl sites for hydroxylation is 1. The molecule has 2 aromatic heterocycles. The lowest BCUT2D eigenvalue weighted by molar-refractivity contribution is 0.0431. The summed E-state index contributed by atoms with van der Waals surface area (Å²) in [5.41, 5.74) is 0.601. The average molecular weight is 547 g/mol. The number of sulfone groups is 1. The summed E-state index contributed by atoms with van der Waals surface area (Å²) in [6, 6.07) is 2.61. The molecule has 10 nitrogen and oxygen atoms in total. The highest BCUT2D eigenvalue weighted by Gasteiger charge is 2.38. The van der Waals surface area contributed by atoms with Crippen molar-refractivity contribution >= 4 is 9.84 Å². The highest BCUT2D eigenvalue weighted by molar-refractivity contribution is 7.92. The van der Waals surface area contributed by atoms with Crippen LogP contribution in [0.25, 0.3) is 22.9 Å². The molecule has 0 aliphatic carbocycles. The van der Waals surface area contributed by atoms with Crippen molar-refractivity contribution < 1.29 is 22.7 Å². The summed E-state index contributed by atoms with van der Waals surface area (Å²) in [5.74, 6) is 1.19. The second-order valence-electron chi connectivity index (χ2n) is 11.0. The van der Waals surface area contributed by atoms with Crippen LogP contribution in [0.2, 0.25) is 0 Å². The number of fused-ring (bicyclic) bond motifs is 3. The Morgan fingerprint density at radius 2 is 1.87 bits per heavy atom. The second kappa shape index (κ2) is 9.73. The van der Waals surface area contributed by atoms with Crippen molar-refractivity contribution in [3.05, 3.63) is 30.0 Å². The number of piperidine rings is 1. The smallest absolute Gasteiger partial charge is 0.184 e. The minimum absolute atomic E-state index is 0.0223. The van der Waals surface area contributed by atoms with Gasteiger partial charge in [-0.15, -0.1) is 0 Å². The highest BCUT2D eigenvalue weighted by atomic mass is 32.2. The number of aliphatic hydroxyl groups is 1. The summed E-state index contributed by atoms with van der Waals surface area (Å²) in [6.45, 7) is 11.4. The first-order valence-corrected chi connectivity index (χ1v) is 14.5. The molecule has 3 aromatic rings. The van der Waals surface area contributed by atoms with Crippen LogP contribution in [0, 0.1) is 12.7 Å². The maximum Gasteiger partial charge on any atom is 0.184 e. The molecule has 0 amide bonds. The Balaban J connectivity index is 1.52. The number of imidazole rings is 1. The number of ether oxygens (including phenoxy) is 1. The van der Waals surface area contributed by atoms with Gasteiger partial charge in [-0.2, -0.15) is 5.10 Å². The van der Waals surface area contributed by atoms with Crippen molar-refractivity contribution in [3.8, 4) is 28.7 Å². The first kappa shape index (κ1) is 26.8. The largest absolute Gasteiger partial charge is 0.491 e. The molecule has 0 saturated carbocycles. The van der Waals surface area contributed by atoms with Gasteiger partial charge in [-0.3, -0.25) is 4.90 Å². The van der Waals surface area contributed by atoms with E-state index in [1.165, 1.54) is 6.07 Å². The van der Waals surface area contributed by atoms with Gasteiger partial charge in [0, 0.05) is 36.9 Å². The lowest BCUT2D eigenvalue weighted by Crippen LogP contribution is -2.52. The standard InChI is InChI=1S/C26H35FN6O4S/c1-16(2)33-25(28-17(3)30-33)21-14-31-10-11-37-22-13-20(27)23(12-19(22)24(31)29-21)38(35,36)18-6-8-32(9-7-18)26(4,5)15-34/h12-14,16,18,34H,6-11,15H2,1-5H3. The number of nitrogens with zero attached hydrogens (tertiary/aromatic N) is 6. The molecule has 0 atom stereocenters. The van der Waals surface area contributed by atoms with Gasteiger partial charge in [0.2, 0.25) is 0 Å². The van der Waals surface area contributed by atoms with Crippen LogP contribution in [-0.4, -0.2) is 79.8 Å². The van der Waals surface area contributed by atoms with Crippen molar-refractivity contribution in [2.75, 3.05) is 26.3 Å². The van der Waals surface area contributed by atoms with Crippen LogP contribution in [-0.2, 0) is 16.4 Å². The van der Waals surface area contributed by atoms with Crippen LogP contribution >= 0.6 is 0 Å². The fourth-order valence-corrected chi connectivity index (χ4v) is 7.03. The van der Waals surface area contributed by atoms with E-state index in [2.05, 4.69) is 15.0 Å². The molecule has 206 valence electrons. The van der Waals surface area contributed by atoms with Crippen LogP contribution in [0.5, 0.6) is 5.75 Å². The van der Waals surface area contributed by atoms with Gasteiger partial charge < -0.3 is 14.4 Å². The van der Waals surface area contributed by atoms with Crippen molar-refractivity contribution in [1.82, 2.24) is 29.2 Å². The van der Waals surface area contributed by atoms with Gasteiger partial charge in [-0.05, 0) is 53.5 Å². The Morgan fingerprint density at radius 1 is 1.16 bits per heavy atom. The van der Waals surface area contributed by atoms with Gasteiger partial charge in [0.25, 0.3) is 0 Å². The van der Waals surface area contributed by atoms with Gasteiger partial charge in [0.1, 0.15) is 40.4 Å². The molecule has 1 N–H and O–H groups in total. The summed E-state index contributed by atoms with van der Waals surface area (Å²) in [7, 11) is -3.96. The lowest BCUT2D eigenvalue weighted by atomic mass is 9.99. The molecule has 5 rings (SSSR count). The van der Waals surface area contributed by atoms with Crippen LogP contribution in [0.15, 0.2) is 23.2 Å². The van der Waals surface area contributed by atoms with Crippen LogP contribution in [0.1, 0.15) is 52.4 Å². The van der Waals surface area contributed by atoms with E-state index in [0.29, 0.717) is 61.2 Å². The third-order valence-corrected chi connectivity index (χ3v) is 9.80.